The Hall–Kier alpha value is -1.51. The van der Waals surface area contributed by atoms with Crippen LogP contribution in [0.3, 0.4) is 0 Å². The van der Waals surface area contributed by atoms with Crippen LogP contribution in [0.15, 0.2) is 34.4 Å². The summed E-state index contributed by atoms with van der Waals surface area (Å²) in [6.07, 6.45) is 2.70. The van der Waals surface area contributed by atoms with Crippen molar-refractivity contribution in [3.8, 4) is 0 Å². The lowest BCUT2D eigenvalue weighted by Gasteiger charge is -2.67. The Labute approximate surface area is 225 Å². The lowest BCUT2D eigenvalue weighted by Crippen LogP contribution is -2.75. The molecule has 6 rings (SSSR count). The fraction of sp³-hybridized carbons (Fsp3) is 0.774. The van der Waals surface area contributed by atoms with E-state index in [1.54, 1.807) is 26.8 Å². The van der Waals surface area contributed by atoms with Crippen LogP contribution in [-0.2, 0) is 14.3 Å². The molecule has 7 heteroatoms. The zero-order chi connectivity index (χ0) is 28.0. The van der Waals surface area contributed by atoms with Crippen molar-refractivity contribution < 1.29 is 34.7 Å². The lowest BCUT2D eigenvalue weighted by atomic mass is 9.41. The zero-order valence-corrected chi connectivity index (χ0v) is 24.0. The van der Waals surface area contributed by atoms with E-state index in [1.165, 1.54) is 0 Å². The van der Waals surface area contributed by atoms with E-state index in [1.807, 2.05) is 13.8 Å². The van der Waals surface area contributed by atoms with E-state index in [2.05, 4.69) is 26.8 Å². The van der Waals surface area contributed by atoms with Gasteiger partial charge >= 0.3 is 5.97 Å². The Balaban J connectivity index is 1.47. The molecule has 0 aromatic heterocycles. The summed E-state index contributed by atoms with van der Waals surface area (Å²) >= 11 is 0. The van der Waals surface area contributed by atoms with Crippen molar-refractivity contribution in [2.24, 2.45) is 33.5 Å². The second-order valence-electron chi connectivity index (χ2n) is 14.5. The van der Waals surface area contributed by atoms with Gasteiger partial charge in [-0.15, -0.1) is 0 Å². The Morgan fingerprint density at radius 2 is 1.63 bits per heavy atom. The highest BCUT2D eigenvalue weighted by molar-refractivity contribution is 5.92. The average molecular weight is 529 g/mol. The normalized spacial score (nSPS) is 55.0. The van der Waals surface area contributed by atoms with Gasteiger partial charge in [-0.05, 0) is 61.2 Å². The van der Waals surface area contributed by atoms with Crippen LogP contribution >= 0.6 is 0 Å². The van der Waals surface area contributed by atoms with Crippen molar-refractivity contribution >= 4 is 5.97 Å². The number of allylic oxidation sites excluding steroid dienone is 2. The molecule has 1 saturated heterocycles. The van der Waals surface area contributed by atoms with Crippen LogP contribution in [0, 0.1) is 33.5 Å². The van der Waals surface area contributed by atoms with Crippen molar-refractivity contribution in [2.75, 3.05) is 0 Å². The van der Waals surface area contributed by atoms with E-state index in [0.29, 0.717) is 18.4 Å². The summed E-state index contributed by atoms with van der Waals surface area (Å²) in [5, 5.41) is 46.3. The first-order valence-electron chi connectivity index (χ1n) is 14.2. The first-order chi connectivity index (χ1) is 17.4. The molecule has 1 spiro atoms. The van der Waals surface area contributed by atoms with Crippen molar-refractivity contribution in [2.45, 2.75) is 117 Å². The summed E-state index contributed by atoms with van der Waals surface area (Å²) in [4.78, 5) is 12.5. The fourth-order valence-corrected chi connectivity index (χ4v) is 10.1. The molecule has 2 aliphatic heterocycles. The SMILES string of the molecule is CC1=C(C)[C@@]2(C[C@@H](C)[C@H]3[C@H](C[C@@]4(C)C5=C[C@@H](O)[C@]6(O)C(C)(C)[C@H](O)C[C@@H](O)[C@]6(C)C5=CC[C@]34C)O2)OC1=O. The maximum atomic E-state index is 12.5. The second kappa shape index (κ2) is 7.41. The lowest BCUT2D eigenvalue weighted by molar-refractivity contribution is -0.278. The molecule has 6 aliphatic rings. The molecule has 38 heavy (non-hydrogen) atoms. The number of hydrogen-bond acceptors (Lipinski definition) is 7. The summed E-state index contributed by atoms with van der Waals surface area (Å²) in [6.45, 7) is 15.9. The van der Waals surface area contributed by atoms with E-state index in [-0.39, 0.29) is 35.7 Å². The molecule has 0 bridgehead atoms. The number of ether oxygens (including phenoxy) is 2. The second-order valence-corrected chi connectivity index (χ2v) is 14.5. The Morgan fingerprint density at radius 1 is 0.974 bits per heavy atom. The van der Waals surface area contributed by atoms with Crippen LogP contribution < -0.4 is 0 Å². The molecule has 0 aromatic carbocycles. The van der Waals surface area contributed by atoms with Crippen molar-refractivity contribution in [3.63, 3.8) is 0 Å². The minimum Gasteiger partial charge on any atom is -0.426 e. The molecule has 4 aliphatic carbocycles. The predicted molar refractivity (Wildman–Crippen MR) is 140 cm³/mol. The summed E-state index contributed by atoms with van der Waals surface area (Å²) < 4.78 is 12.7. The summed E-state index contributed by atoms with van der Waals surface area (Å²) in [5.41, 5.74) is -1.28. The highest BCUT2D eigenvalue weighted by Crippen LogP contribution is 2.74. The predicted octanol–water partition coefficient (Wildman–Crippen LogP) is 3.55. The standard InChI is InChI=1S/C31H44O7/c1-15-13-30(17(3)16(2)25(35)38-30)37-20-14-28(7)19-11-23(34)31(36)26(4,5)21(32)12-22(33)29(31,8)18(19)9-10-27(28,6)24(15)20/h9,11,15,20-24,32-34,36H,10,12-14H2,1-8H3/t15-,20+,21-,22-,23-,24+,27-,28+,29+,30-,31+/m1/s1. The summed E-state index contributed by atoms with van der Waals surface area (Å²) in [7, 11) is 0. The Bertz CT molecular complexity index is 1210. The molecule has 0 aromatic rings. The first kappa shape index (κ1) is 26.7. The van der Waals surface area contributed by atoms with Gasteiger partial charge in [-0.1, -0.05) is 47.6 Å². The van der Waals surface area contributed by atoms with Gasteiger partial charge in [0, 0.05) is 34.8 Å². The van der Waals surface area contributed by atoms with Gasteiger partial charge in [0.1, 0.15) is 11.7 Å². The number of hydrogen-bond donors (Lipinski definition) is 4. The Kier molecular flexibility index (Phi) is 5.21. The number of fused-ring (bicyclic) bond motifs is 7. The molecule has 7 nitrogen and oxygen atoms in total. The third-order valence-electron chi connectivity index (χ3n) is 12.9. The smallest absolute Gasteiger partial charge is 0.336 e. The minimum atomic E-state index is -1.76. The van der Waals surface area contributed by atoms with Gasteiger partial charge in [0.15, 0.2) is 0 Å². The van der Waals surface area contributed by atoms with Gasteiger partial charge in [-0.25, -0.2) is 4.79 Å². The van der Waals surface area contributed by atoms with Gasteiger partial charge in [-0.2, -0.15) is 0 Å². The minimum absolute atomic E-state index is 0.126. The van der Waals surface area contributed by atoms with Gasteiger partial charge < -0.3 is 29.9 Å². The summed E-state index contributed by atoms with van der Waals surface area (Å²) in [5.74, 6) is -0.916. The molecule has 2 saturated carbocycles. The van der Waals surface area contributed by atoms with Crippen LogP contribution in [0.1, 0.15) is 81.1 Å². The van der Waals surface area contributed by atoms with E-state index in [0.717, 1.165) is 23.1 Å². The van der Waals surface area contributed by atoms with Crippen LogP contribution in [0.25, 0.3) is 0 Å². The average Bonchev–Trinajstić information content (AvgIpc) is 3.18. The number of aliphatic hydroxyl groups is 4. The Morgan fingerprint density at radius 3 is 2.24 bits per heavy atom. The number of aliphatic hydroxyl groups excluding tert-OH is 3. The third kappa shape index (κ3) is 2.62. The molecule has 210 valence electrons. The van der Waals surface area contributed by atoms with Crippen molar-refractivity contribution in [1.82, 2.24) is 0 Å². The maximum Gasteiger partial charge on any atom is 0.336 e. The molecule has 4 N–H and O–H groups in total. The molecule has 11 atom stereocenters. The maximum absolute atomic E-state index is 12.5. The number of carbonyl (C=O) groups excluding carboxylic acids is 1. The molecule has 0 amide bonds. The molecule has 3 fully saturated rings. The molecular formula is C31H44O7. The van der Waals surface area contributed by atoms with Gasteiger partial charge in [0.2, 0.25) is 5.79 Å². The van der Waals surface area contributed by atoms with Gasteiger partial charge in [0.05, 0.1) is 23.7 Å². The molecular weight excluding hydrogens is 484 g/mol. The van der Waals surface area contributed by atoms with Crippen molar-refractivity contribution in [1.29, 1.82) is 0 Å². The van der Waals surface area contributed by atoms with Crippen molar-refractivity contribution in [3.05, 3.63) is 34.4 Å². The molecule has 0 radical (unpaired) electrons. The molecule has 2 heterocycles. The first-order valence-corrected chi connectivity index (χ1v) is 14.2. The van der Waals surface area contributed by atoms with E-state index < -0.39 is 45.9 Å². The topological polar surface area (TPSA) is 116 Å². The quantitative estimate of drug-likeness (QED) is 0.355. The van der Waals surface area contributed by atoms with E-state index in [9.17, 15) is 25.2 Å². The number of carbonyl (C=O) groups is 1. The summed E-state index contributed by atoms with van der Waals surface area (Å²) in [6, 6.07) is 0. The largest absolute Gasteiger partial charge is 0.426 e. The van der Waals surface area contributed by atoms with Gasteiger partial charge in [0.25, 0.3) is 0 Å². The fourth-order valence-electron chi connectivity index (χ4n) is 10.1. The van der Waals surface area contributed by atoms with E-state index in [4.69, 9.17) is 9.47 Å². The van der Waals surface area contributed by atoms with Crippen LogP contribution in [0.5, 0.6) is 0 Å². The van der Waals surface area contributed by atoms with E-state index >= 15 is 0 Å². The monoisotopic (exact) mass is 528 g/mol. The zero-order valence-electron chi connectivity index (χ0n) is 24.0. The van der Waals surface area contributed by atoms with Crippen LogP contribution in [0.4, 0.5) is 0 Å². The van der Waals surface area contributed by atoms with Crippen LogP contribution in [0.2, 0.25) is 0 Å². The third-order valence-corrected chi connectivity index (χ3v) is 12.9. The van der Waals surface area contributed by atoms with Crippen LogP contribution in [-0.4, -0.2) is 62.2 Å². The number of rotatable bonds is 0. The van der Waals surface area contributed by atoms with Gasteiger partial charge in [-0.3, -0.25) is 0 Å². The highest BCUT2D eigenvalue weighted by Gasteiger charge is 2.75. The highest BCUT2D eigenvalue weighted by atomic mass is 16.7. The molecule has 0 unspecified atom stereocenters. The number of esters is 1.